The van der Waals surface area contributed by atoms with Gasteiger partial charge >= 0.3 is 0 Å². The molecule has 0 amide bonds. The van der Waals surface area contributed by atoms with Crippen molar-refractivity contribution in [2.24, 2.45) is 0 Å². The Hall–Kier alpha value is -2.84. The first-order chi connectivity index (χ1) is 10.7. The summed E-state index contributed by atoms with van der Waals surface area (Å²) in [5, 5.41) is 26.8. The van der Waals surface area contributed by atoms with Gasteiger partial charge in [0.1, 0.15) is 5.54 Å². The number of Topliss-reactive ketones (excluding diaryl/α,β-unsaturated/α-hetero) is 1. The summed E-state index contributed by atoms with van der Waals surface area (Å²) in [6.07, 6.45) is 1.54. The van der Waals surface area contributed by atoms with E-state index in [4.69, 9.17) is 15.8 Å². The molecular weight excluding hydrogens is 276 g/mol. The molecule has 0 atom stereocenters. The van der Waals surface area contributed by atoms with Gasteiger partial charge in [-0.25, -0.2) is 0 Å². The van der Waals surface area contributed by atoms with Crippen LogP contribution in [0.3, 0.4) is 0 Å². The first-order valence-corrected chi connectivity index (χ1v) is 7.23. The molecule has 1 aliphatic heterocycles. The van der Waals surface area contributed by atoms with Gasteiger partial charge in [-0.1, -0.05) is 12.1 Å². The number of fused-ring (bicyclic) bond motifs is 1. The fourth-order valence-corrected chi connectivity index (χ4v) is 3.15. The molecule has 110 valence electrons. The van der Waals surface area contributed by atoms with Gasteiger partial charge in [0.2, 0.25) is 0 Å². The second kappa shape index (κ2) is 6.74. The maximum Gasteiger partial charge on any atom is 0.190 e. The smallest absolute Gasteiger partial charge is 0.190 e. The van der Waals surface area contributed by atoms with E-state index in [0.29, 0.717) is 31.4 Å². The maximum absolute atomic E-state index is 13.0. The molecule has 0 N–H and O–H groups in total. The zero-order chi connectivity index (χ0) is 16.0. The number of rotatable bonds is 6. The zero-order valence-corrected chi connectivity index (χ0v) is 12.2. The highest BCUT2D eigenvalue weighted by molar-refractivity contribution is 6.14. The van der Waals surface area contributed by atoms with Crippen molar-refractivity contribution in [3.05, 3.63) is 29.8 Å². The van der Waals surface area contributed by atoms with E-state index in [2.05, 4.69) is 18.2 Å². The Balaban J connectivity index is 2.49. The molecule has 0 unspecified atom stereocenters. The number of ketones is 1. The van der Waals surface area contributed by atoms with Crippen molar-refractivity contribution in [3.63, 3.8) is 0 Å². The van der Waals surface area contributed by atoms with Crippen molar-refractivity contribution in [1.29, 1.82) is 15.8 Å². The Bertz CT molecular complexity index is 672. The Morgan fingerprint density at radius 1 is 0.955 bits per heavy atom. The number of nitrogens with zero attached hydrogens (tertiary/aromatic N) is 4. The van der Waals surface area contributed by atoms with Gasteiger partial charge in [0.15, 0.2) is 5.78 Å². The van der Waals surface area contributed by atoms with E-state index in [1.807, 2.05) is 23.1 Å². The fraction of sp³-hybridized carbons (Fsp3) is 0.412. The molecule has 1 aromatic carbocycles. The van der Waals surface area contributed by atoms with Crippen molar-refractivity contribution in [1.82, 2.24) is 0 Å². The fourth-order valence-electron chi connectivity index (χ4n) is 3.15. The molecule has 0 saturated heterocycles. The van der Waals surface area contributed by atoms with Crippen LogP contribution in [0.1, 0.15) is 42.5 Å². The van der Waals surface area contributed by atoms with Crippen LogP contribution in [0.2, 0.25) is 0 Å². The lowest BCUT2D eigenvalue weighted by Crippen LogP contribution is -2.51. The molecule has 5 nitrogen and oxygen atoms in total. The number of nitriles is 3. The normalized spacial score (nSPS) is 14.8. The number of anilines is 1. The lowest BCUT2D eigenvalue weighted by molar-refractivity contribution is 0.0884. The monoisotopic (exact) mass is 292 g/mol. The molecule has 0 saturated carbocycles. The average molecular weight is 292 g/mol. The molecule has 1 heterocycles. The van der Waals surface area contributed by atoms with Crippen LogP contribution < -0.4 is 4.90 Å². The topological polar surface area (TPSA) is 91.7 Å². The van der Waals surface area contributed by atoms with Crippen LogP contribution in [0.15, 0.2) is 24.3 Å². The predicted octanol–water partition coefficient (Wildman–Crippen LogP) is 2.95. The first-order valence-electron chi connectivity index (χ1n) is 7.23. The standard InChI is InChI=1S/C17H16N4O/c18-10-3-8-17(9-4-11-19)16(22)14-6-1-2-7-15(14)21(17)13-5-12-20/h1-2,6-7H,3-5,8-9,13H2. The third-order valence-corrected chi connectivity index (χ3v) is 4.13. The highest BCUT2D eigenvalue weighted by Gasteiger charge is 2.49. The third kappa shape index (κ3) is 2.52. The van der Waals surface area contributed by atoms with E-state index < -0.39 is 5.54 Å². The van der Waals surface area contributed by atoms with E-state index in [1.54, 1.807) is 6.07 Å². The van der Waals surface area contributed by atoms with Gasteiger partial charge in [-0.3, -0.25) is 4.79 Å². The molecule has 1 aliphatic rings. The Morgan fingerprint density at radius 2 is 1.55 bits per heavy atom. The largest absolute Gasteiger partial charge is 0.357 e. The molecule has 22 heavy (non-hydrogen) atoms. The SMILES string of the molecule is N#CCCN1c2ccccc2C(=O)C1(CCC#N)CCC#N. The molecule has 0 spiro atoms. The van der Waals surface area contributed by atoms with Gasteiger partial charge in [0, 0.05) is 30.6 Å². The van der Waals surface area contributed by atoms with E-state index in [-0.39, 0.29) is 18.6 Å². The highest BCUT2D eigenvalue weighted by Crippen LogP contribution is 2.43. The van der Waals surface area contributed by atoms with Gasteiger partial charge in [0.05, 0.1) is 24.6 Å². The summed E-state index contributed by atoms with van der Waals surface area (Å²) in [6, 6.07) is 13.6. The van der Waals surface area contributed by atoms with Crippen molar-refractivity contribution in [2.75, 3.05) is 11.4 Å². The van der Waals surface area contributed by atoms with Crippen LogP contribution in [0.5, 0.6) is 0 Å². The van der Waals surface area contributed by atoms with Gasteiger partial charge in [0.25, 0.3) is 0 Å². The summed E-state index contributed by atoms with van der Waals surface area (Å²) >= 11 is 0. The second-order valence-electron chi connectivity index (χ2n) is 5.25. The summed E-state index contributed by atoms with van der Waals surface area (Å²) in [7, 11) is 0. The molecular formula is C17H16N4O. The summed E-state index contributed by atoms with van der Waals surface area (Å²) < 4.78 is 0. The van der Waals surface area contributed by atoms with Crippen molar-refractivity contribution in [2.45, 2.75) is 37.6 Å². The predicted molar refractivity (Wildman–Crippen MR) is 80.8 cm³/mol. The van der Waals surface area contributed by atoms with Crippen molar-refractivity contribution in [3.8, 4) is 18.2 Å². The summed E-state index contributed by atoms with van der Waals surface area (Å²) in [4.78, 5) is 14.9. The minimum atomic E-state index is -0.869. The highest BCUT2D eigenvalue weighted by atomic mass is 16.1. The Kier molecular flexibility index (Phi) is 4.77. The molecule has 0 aromatic heterocycles. The van der Waals surface area contributed by atoms with Crippen LogP contribution in [-0.4, -0.2) is 17.9 Å². The van der Waals surface area contributed by atoms with Crippen LogP contribution in [-0.2, 0) is 0 Å². The Morgan fingerprint density at radius 3 is 2.14 bits per heavy atom. The summed E-state index contributed by atoms with van der Waals surface area (Å²) in [5.41, 5.74) is 0.557. The summed E-state index contributed by atoms with van der Waals surface area (Å²) in [5.74, 6) is -0.0356. The van der Waals surface area contributed by atoms with Crippen LogP contribution in [0.25, 0.3) is 0 Å². The van der Waals surface area contributed by atoms with Gasteiger partial charge in [-0.05, 0) is 25.0 Å². The molecule has 2 rings (SSSR count). The quantitative estimate of drug-likeness (QED) is 0.803. The van der Waals surface area contributed by atoms with Gasteiger partial charge < -0.3 is 4.90 Å². The zero-order valence-electron chi connectivity index (χ0n) is 12.2. The molecule has 0 aliphatic carbocycles. The molecule has 0 bridgehead atoms. The van der Waals surface area contributed by atoms with Gasteiger partial charge in [-0.15, -0.1) is 0 Å². The number of carbonyl (C=O) groups is 1. The van der Waals surface area contributed by atoms with E-state index in [9.17, 15) is 4.79 Å². The van der Waals surface area contributed by atoms with E-state index >= 15 is 0 Å². The minimum absolute atomic E-state index is 0.0356. The van der Waals surface area contributed by atoms with E-state index in [1.165, 1.54) is 0 Å². The number of carbonyl (C=O) groups excluding carboxylic acids is 1. The third-order valence-electron chi connectivity index (χ3n) is 4.13. The first kappa shape index (κ1) is 15.5. The van der Waals surface area contributed by atoms with Crippen LogP contribution in [0.4, 0.5) is 5.69 Å². The number of benzene rings is 1. The van der Waals surface area contributed by atoms with E-state index in [0.717, 1.165) is 5.69 Å². The van der Waals surface area contributed by atoms with Crippen LogP contribution >= 0.6 is 0 Å². The van der Waals surface area contributed by atoms with Crippen LogP contribution in [0, 0.1) is 34.0 Å². The molecule has 0 fully saturated rings. The average Bonchev–Trinajstić information content (AvgIpc) is 2.78. The lowest BCUT2D eigenvalue weighted by atomic mass is 9.83. The molecule has 5 heteroatoms. The van der Waals surface area contributed by atoms with Crippen molar-refractivity contribution < 1.29 is 4.79 Å². The maximum atomic E-state index is 13.0. The summed E-state index contributed by atoms with van der Waals surface area (Å²) in [6.45, 7) is 0.427. The number of para-hydroxylation sites is 1. The number of hydrogen-bond acceptors (Lipinski definition) is 5. The molecule has 0 radical (unpaired) electrons. The minimum Gasteiger partial charge on any atom is -0.357 e. The Labute approximate surface area is 130 Å². The van der Waals surface area contributed by atoms with Crippen molar-refractivity contribution >= 4 is 11.5 Å². The van der Waals surface area contributed by atoms with Gasteiger partial charge in [-0.2, -0.15) is 15.8 Å². The molecule has 1 aromatic rings. The number of hydrogen-bond donors (Lipinski definition) is 0. The lowest BCUT2D eigenvalue weighted by Gasteiger charge is -2.38. The second-order valence-corrected chi connectivity index (χ2v) is 5.25.